The molecule has 0 saturated heterocycles. The van der Waals surface area contributed by atoms with Crippen LogP contribution in [0.5, 0.6) is 0 Å². The van der Waals surface area contributed by atoms with Crippen molar-refractivity contribution in [3.63, 3.8) is 0 Å². The lowest BCUT2D eigenvalue weighted by atomic mass is 10.1. The third-order valence-electron chi connectivity index (χ3n) is 3.46. The number of aryl methyl sites for hydroxylation is 3. The molecule has 1 rings (SSSR count). The van der Waals surface area contributed by atoms with Crippen LogP contribution in [0, 0.1) is 26.7 Å². The molecular weight excluding hydrogens is 262 g/mol. The molecule has 1 aromatic rings. The first-order valence-electron chi connectivity index (χ1n) is 7.52. The van der Waals surface area contributed by atoms with Gasteiger partial charge in [0.15, 0.2) is 0 Å². The largest absolute Gasteiger partial charge is 0.376 e. The monoisotopic (exact) mass is 289 g/mol. The van der Waals surface area contributed by atoms with Crippen molar-refractivity contribution in [3.8, 4) is 0 Å². The second-order valence-electron chi connectivity index (χ2n) is 5.77. The molecule has 0 saturated carbocycles. The number of hydrazone groups is 1. The fraction of sp³-hybridized carbons (Fsp3) is 0.529. The molecule has 4 heteroatoms. The van der Waals surface area contributed by atoms with E-state index in [-0.39, 0.29) is 12.5 Å². The van der Waals surface area contributed by atoms with Crippen LogP contribution in [0.1, 0.15) is 43.9 Å². The average Bonchev–Trinajstić information content (AvgIpc) is 2.37. The number of hydrogen-bond donors (Lipinski definition) is 2. The molecule has 2 N–H and O–H groups in total. The van der Waals surface area contributed by atoms with Gasteiger partial charge in [-0.25, -0.2) is 5.43 Å². The van der Waals surface area contributed by atoms with Crippen LogP contribution in [0.15, 0.2) is 17.2 Å². The van der Waals surface area contributed by atoms with E-state index >= 15 is 0 Å². The van der Waals surface area contributed by atoms with Gasteiger partial charge in [-0.3, -0.25) is 4.79 Å². The number of rotatable bonds is 6. The van der Waals surface area contributed by atoms with E-state index in [1.807, 2.05) is 20.8 Å². The standard InChI is InChI=1S/C17H27N3O/c1-7-15(11(2)3)19-20-16(21)10-18-17-13(5)8-12(4)9-14(17)6/h8-9,11,18H,7,10H2,1-6H3,(H,20,21)/b19-15-. The van der Waals surface area contributed by atoms with Gasteiger partial charge in [-0.1, -0.05) is 38.5 Å². The minimum atomic E-state index is -0.124. The molecule has 0 atom stereocenters. The zero-order valence-corrected chi connectivity index (χ0v) is 14.0. The minimum absolute atomic E-state index is 0.124. The lowest BCUT2D eigenvalue weighted by Crippen LogP contribution is -2.28. The average molecular weight is 289 g/mol. The fourth-order valence-corrected chi connectivity index (χ4v) is 2.42. The molecule has 21 heavy (non-hydrogen) atoms. The summed E-state index contributed by atoms with van der Waals surface area (Å²) in [5, 5.41) is 7.39. The Labute approximate surface area is 128 Å². The van der Waals surface area contributed by atoms with Gasteiger partial charge in [0, 0.05) is 11.4 Å². The normalized spacial score (nSPS) is 11.7. The highest BCUT2D eigenvalue weighted by atomic mass is 16.2. The molecular formula is C17H27N3O. The van der Waals surface area contributed by atoms with Gasteiger partial charge >= 0.3 is 0 Å². The molecule has 0 bridgehead atoms. The molecule has 0 aliphatic rings. The first-order chi connectivity index (χ1) is 9.85. The summed E-state index contributed by atoms with van der Waals surface area (Å²) in [6, 6.07) is 4.22. The lowest BCUT2D eigenvalue weighted by molar-refractivity contribution is -0.119. The summed E-state index contributed by atoms with van der Waals surface area (Å²) in [6.07, 6.45) is 0.849. The van der Waals surface area contributed by atoms with Gasteiger partial charge in [-0.05, 0) is 44.2 Å². The summed E-state index contributed by atoms with van der Waals surface area (Å²) < 4.78 is 0. The highest BCUT2D eigenvalue weighted by Crippen LogP contribution is 2.21. The molecule has 0 heterocycles. The van der Waals surface area contributed by atoms with E-state index in [1.54, 1.807) is 0 Å². The van der Waals surface area contributed by atoms with Crippen molar-refractivity contribution in [1.82, 2.24) is 5.43 Å². The van der Waals surface area contributed by atoms with Crippen molar-refractivity contribution in [2.45, 2.75) is 48.0 Å². The molecule has 0 unspecified atom stereocenters. The Morgan fingerprint density at radius 3 is 2.24 bits per heavy atom. The van der Waals surface area contributed by atoms with E-state index < -0.39 is 0 Å². The summed E-state index contributed by atoms with van der Waals surface area (Å²) >= 11 is 0. The summed E-state index contributed by atoms with van der Waals surface area (Å²) in [7, 11) is 0. The van der Waals surface area contributed by atoms with Crippen LogP contribution in [0.25, 0.3) is 0 Å². The maximum atomic E-state index is 11.9. The number of nitrogens with one attached hydrogen (secondary N) is 2. The van der Waals surface area contributed by atoms with E-state index in [1.165, 1.54) is 5.56 Å². The summed E-state index contributed by atoms with van der Waals surface area (Å²) in [4.78, 5) is 11.9. The Morgan fingerprint density at radius 2 is 1.76 bits per heavy atom. The minimum Gasteiger partial charge on any atom is -0.376 e. The number of amides is 1. The number of benzene rings is 1. The Hall–Kier alpha value is -1.84. The fourth-order valence-electron chi connectivity index (χ4n) is 2.42. The summed E-state index contributed by atoms with van der Waals surface area (Å²) in [5.41, 5.74) is 8.19. The third-order valence-corrected chi connectivity index (χ3v) is 3.46. The Bertz CT molecular complexity index is 510. The van der Waals surface area contributed by atoms with Gasteiger partial charge in [0.25, 0.3) is 5.91 Å². The Morgan fingerprint density at radius 1 is 1.19 bits per heavy atom. The van der Waals surface area contributed by atoms with Gasteiger partial charge in [-0.2, -0.15) is 5.10 Å². The molecule has 4 nitrogen and oxygen atoms in total. The predicted molar refractivity (Wildman–Crippen MR) is 89.8 cm³/mol. The van der Waals surface area contributed by atoms with Crippen molar-refractivity contribution in [1.29, 1.82) is 0 Å². The topological polar surface area (TPSA) is 53.5 Å². The van der Waals surface area contributed by atoms with Gasteiger partial charge in [-0.15, -0.1) is 0 Å². The molecule has 1 aromatic carbocycles. The highest BCUT2D eigenvalue weighted by molar-refractivity contribution is 5.88. The second kappa shape index (κ2) is 7.81. The lowest BCUT2D eigenvalue weighted by Gasteiger charge is -2.13. The predicted octanol–water partition coefficient (Wildman–Crippen LogP) is 3.56. The molecule has 0 spiro atoms. The van der Waals surface area contributed by atoms with E-state index in [0.717, 1.165) is 28.9 Å². The van der Waals surface area contributed by atoms with Crippen LogP contribution in [0.4, 0.5) is 5.69 Å². The van der Waals surface area contributed by atoms with Gasteiger partial charge in [0.05, 0.1) is 6.54 Å². The second-order valence-corrected chi connectivity index (χ2v) is 5.77. The maximum absolute atomic E-state index is 11.9. The number of anilines is 1. The van der Waals surface area contributed by atoms with Crippen LogP contribution in [0.2, 0.25) is 0 Å². The molecule has 0 aromatic heterocycles. The Kier molecular flexibility index (Phi) is 6.40. The number of carbonyl (C=O) groups excluding carboxylic acids is 1. The van der Waals surface area contributed by atoms with Crippen LogP contribution in [-0.4, -0.2) is 18.2 Å². The summed E-state index contributed by atoms with van der Waals surface area (Å²) in [5.74, 6) is 0.228. The number of hydrogen-bond acceptors (Lipinski definition) is 3. The van der Waals surface area contributed by atoms with Crippen LogP contribution in [0.3, 0.4) is 0 Å². The zero-order chi connectivity index (χ0) is 16.0. The van der Waals surface area contributed by atoms with E-state index in [0.29, 0.717) is 5.92 Å². The Balaban J connectivity index is 2.62. The quantitative estimate of drug-likeness (QED) is 0.621. The van der Waals surface area contributed by atoms with Crippen LogP contribution < -0.4 is 10.7 Å². The van der Waals surface area contributed by atoms with E-state index in [2.05, 4.69) is 48.7 Å². The first kappa shape index (κ1) is 17.2. The van der Waals surface area contributed by atoms with Gasteiger partial charge < -0.3 is 5.32 Å². The molecule has 116 valence electrons. The highest BCUT2D eigenvalue weighted by Gasteiger charge is 2.07. The van der Waals surface area contributed by atoms with Crippen LogP contribution in [-0.2, 0) is 4.79 Å². The van der Waals surface area contributed by atoms with Crippen molar-refractivity contribution in [2.75, 3.05) is 11.9 Å². The van der Waals surface area contributed by atoms with Crippen molar-refractivity contribution >= 4 is 17.3 Å². The van der Waals surface area contributed by atoms with Gasteiger partial charge in [0.2, 0.25) is 0 Å². The number of carbonyl (C=O) groups is 1. The molecule has 0 fully saturated rings. The smallest absolute Gasteiger partial charge is 0.259 e. The molecule has 1 amide bonds. The van der Waals surface area contributed by atoms with E-state index in [9.17, 15) is 4.79 Å². The third kappa shape index (κ3) is 5.21. The molecule has 0 aliphatic heterocycles. The van der Waals surface area contributed by atoms with Crippen molar-refractivity contribution in [2.24, 2.45) is 11.0 Å². The summed E-state index contributed by atoms with van der Waals surface area (Å²) in [6.45, 7) is 12.6. The maximum Gasteiger partial charge on any atom is 0.259 e. The van der Waals surface area contributed by atoms with Crippen molar-refractivity contribution in [3.05, 3.63) is 28.8 Å². The number of nitrogens with zero attached hydrogens (tertiary/aromatic N) is 1. The van der Waals surface area contributed by atoms with E-state index in [4.69, 9.17) is 0 Å². The zero-order valence-electron chi connectivity index (χ0n) is 14.0. The van der Waals surface area contributed by atoms with Crippen molar-refractivity contribution < 1.29 is 4.79 Å². The van der Waals surface area contributed by atoms with Crippen LogP contribution >= 0.6 is 0 Å². The SMILES string of the molecule is CC/C(=N/NC(=O)CNc1c(C)cc(C)cc1C)C(C)C. The van der Waals surface area contributed by atoms with Gasteiger partial charge in [0.1, 0.15) is 0 Å². The first-order valence-corrected chi connectivity index (χ1v) is 7.52. The molecule has 0 aliphatic carbocycles. The molecule has 0 radical (unpaired) electrons.